The molecule has 4 rings (SSSR count). The molecule has 0 aromatic heterocycles. The zero-order valence-electron chi connectivity index (χ0n) is 15.6. The fraction of sp³-hybridized carbons (Fsp3) is 0.900. The van der Waals surface area contributed by atoms with E-state index in [9.17, 15) is 14.7 Å². The maximum absolute atomic E-state index is 12.8. The lowest BCUT2D eigenvalue weighted by molar-refractivity contribution is -0.166. The highest BCUT2D eigenvalue weighted by molar-refractivity contribution is 5.76. The van der Waals surface area contributed by atoms with Crippen molar-refractivity contribution in [1.29, 1.82) is 0 Å². The van der Waals surface area contributed by atoms with Gasteiger partial charge in [-0.05, 0) is 62.2 Å². The van der Waals surface area contributed by atoms with Gasteiger partial charge in [0.15, 0.2) is 0 Å². The SMILES string of the molecule is CC1CC2OC2CC1C(CCCC(=O)O)(C(=O)O)C1CC2OC2CC1C. The van der Waals surface area contributed by atoms with Crippen LogP contribution in [-0.4, -0.2) is 46.6 Å². The summed E-state index contributed by atoms with van der Waals surface area (Å²) in [7, 11) is 0. The van der Waals surface area contributed by atoms with Crippen LogP contribution in [0.3, 0.4) is 0 Å². The molecule has 4 fully saturated rings. The van der Waals surface area contributed by atoms with Crippen molar-refractivity contribution in [2.24, 2.45) is 29.1 Å². The number of fused-ring (bicyclic) bond motifs is 2. The molecule has 26 heavy (non-hydrogen) atoms. The van der Waals surface area contributed by atoms with Crippen molar-refractivity contribution < 1.29 is 29.3 Å². The molecule has 2 heterocycles. The van der Waals surface area contributed by atoms with E-state index in [-0.39, 0.29) is 42.3 Å². The topological polar surface area (TPSA) is 99.7 Å². The lowest BCUT2D eigenvalue weighted by atomic mass is 9.52. The first kappa shape index (κ1) is 18.2. The van der Waals surface area contributed by atoms with Gasteiger partial charge in [0.05, 0.1) is 29.8 Å². The summed E-state index contributed by atoms with van der Waals surface area (Å²) in [6.07, 6.45) is 5.36. The molecular formula is C20H30O6. The van der Waals surface area contributed by atoms with Crippen LogP contribution < -0.4 is 0 Å². The Kier molecular flexibility index (Phi) is 4.55. The van der Waals surface area contributed by atoms with Gasteiger partial charge in [0, 0.05) is 6.42 Å². The molecule has 0 aromatic carbocycles. The molecule has 0 aromatic rings. The first-order chi connectivity index (χ1) is 12.3. The van der Waals surface area contributed by atoms with Crippen LogP contribution >= 0.6 is 0 Å². The molecule has 2 aliphatic heterocycles. The monoisotopic (exact) mass is 366 g/mol. The minimum atomic E-state index is -0.873. The summed E-state index contributed by atoms with van der Waals surface area (Å²) in [5.41, 5.74) is -0.873. The van der Waals surface area contributed by atoms with Gasteiger partial charge in [0.1, 0.15) is 0 Å². The maximum atomic E-state index is 12.8. The van der Waals surface area contributed by atoms with Gasteiger partial charge in [-0.2, -0.15) is 0 Å². The summed E-state index contributed by atoms with van der Waals surface area (Å²) in [5, 5.41) is 19.6. The second-order valence-corrected chi connectivity index (χ2v) is 9.13. The highest BCUT2D eigenvalue weighted by Crippen LogP contribution is 2.59. The van der Waals surface area contributed by atoms with E-state index in [0.717, 1.165) is 25.7 Å². The van der Waals surface area contributed by atoms with Crippen LogP contribution in [0.15, 0.2) is 0 Å². The number of hydrogen-bond donors (Lipinski definition) is 2. The lowest BCUT2D eigenvalue weighted by Crippen LogP contribution is -2.52. The van der Waals surface area contributed by atoms with Crippen LogP contribution in [0.5, 0.6) is 0 Å². The molecule has 8 atom stereocenters. The molecule has 2 saturated carbocycles. The second-order valence-electron chi connectivity index (χ2n) is 9.13. The molecule has 8 unspecified atom stereocenters. The van der Waals surface area contributed by atoms with Crippen LogP contribution in [0, 0.1) is 29.1 Å². The molecule has 2 N–H and O–H groups in total. The second kappa shape index (κ2) is 6.48. The molecule has 4 aliphatic rings. The van der Waals surface area contributed by atoms with Crippen LogP contribution in [0.1, 0.15) is 58.8 Å². The van der Waals surface area contributed by atoms with Gasteiger partial charge in [-0.1, -0.05) is 13.8 Å². The predicted octanol–water partition coefficient (Wildman–Crippen LogP) is 2.94. The number of carboxylic acids is 2. The van der Waals surface area contributed by atoms with Crippen LogP contribution in [0.25, 0.3) is 0 Å². The van der Waals surface area contributed by atoms with Crippen molar-refractivity contribution in [3.8, 4) is 0 Å². The molecule has 146 valence electrons. The Labute approximate surface area is 154 Å². The first-order valence-electron chi connectivity index (χ1n) is 10.1. The van der Waals surface area contributed by atoms with Crippen molar-refractivity contribution in [3.63, 3.8) is 0 Å². The summed E-state index contributed by atoms with van der Waals surface area (Å²) >= 11 is 0. The van der Waals surface area contributed by atoms with Crippen molar-refractivity contribution in [2.75, 3.05) is 0 Å². The van der Waals surface area contributed by atoms with Gasteiger partial charge in [-0.3, -0.25) is 9.59 Å². The summed E-state index contributed by atoms with van der Waals surface area (Å²) in [6, 6.07) is 0. The average molecular weight is 366 g/mol. The number of carboxylic acid groups (broad SMARTS) is 2. The third-order valence-corrected chi connectivity index (χ3v) is 7.63. The Morgan fingerprint density at radius 1 is 0.885 bits per heavy atom. The smallest absolute Gasteiger partial charge is 0.310 e. The quantitative estimate of drug-likeness (QED) is 0.672. The van der Waals surface area contributed by atoms with Gasteiger partial charge in [0.25, 0.3) is 0 Å². The molecule has 0 spiro atoms. The zero-order chi connectivity index (χ0) is 18.6. The summed E-state index contributed by atoms with van der Waals surface area (Å²) < 4.78 is 11.5. The highest BCUT2D eigenvalue weighted by atomic mass is 16.6. The van der Waals surface area contributed by atoms with E-state index >= 15 is 0 Å². The van der Waals surface area contributed by atoms with Crippen molar-refractivity contribution >= 4 is 11.9 Å². The minimum absolute atomic E-state index is 0.0301. The maximum Gasteiger partial charge on any atom is 0.310 e. The number of carbonyl (C=O) groups is 2. The van der Waals surface area contributed by atoms with Crippen molar-refractivity contribution in [3.05, 3.63) is 0 Å². The Bertz CT molecular complexity index is 557. The zero-order valence-corrected chi connectivity index (χ0v) is 15.6. The van der Waals surface area contributed by atoms with Crippen molar-refractivity contribution in [1.82, 2.24) is 0 Å². The van der Waals surface area contributed by atoms with Gasteiger partial charge < -0.3 is 19.7 Å². The van der Waals surface area contributed by atoms with Crippen LogP contribution in [0.2, 0.25) is 0 Å². The van der Waals surface area contributed by atoms with E-state index in [1.54, 1.807) is 0 Å². The third-order valence-electron chi connectivity index (χ3n) is 7.63. The molecule has 2 aliphatic carbocycles. The molecule has 6 heteroatoms. The van der Waals surface area contributed by atoms with Gasteiger partial charge >= 0.3 is 11.9 Å². The normalized spacial score (nSPS) is 45.8. The van der Waals surface area contributed by atoms with E-state index in [1.807, 2.05) is 0 Å². The summed E-state index contributed by atoms with van der Waals surface area (Å²) in [5.74, 6) is -0.946. The number of hydrogen-bond acceptors (Lipinski definition) is 4. The van der Waals surface area contributed by atoms with E-state index < -0.39 is 17.4 Å². The Morgan fingerprint density at radius 2 is 1.35 bits per heavy atom. The minimum Gasteiger partial charge on any atom is -0.481 e. The van der Waals surface area contributed by atoms with Gasteiger partial charge in [0.2, 0.25) is 0 Å². The number of aliphatic carboxylic acids is 2. The first-order valence-corrected chi connectivity index (χ1v) is 10.1. The third kappa shape index (κ3) is 3.05. The van der Waals surface area contributed by atoms with E-state index in [1.165, 1.54) is 0 Å². The molecule has 6 nitrogen and oxygen atoms in total. The predicted molar refractivity (Wildman–Crippen MR) is 92.7 cm³/mol. The highest BCUT2D eigenvalue weighted by Gasteiger charge is 2.62. The molecule has 0 amide bonds. The lowest BCUT2D eigenvalue weighted by Gasteiger charge is -2.49. The summed E-state index contributed by atoms with van der Waals surface area (Å²) in [4.78, 5) is 23.9. The number of rotatable bonds is 7. The fourth-order valence-electron chi connectivity index (χ4n) is 6.25. The Hall–Kier alpha value is -1.14. The van der Waals surface area contributed by atoms with E-state index in [0.29, 0.717) is 25.0 Å². The standard InChI is InChI=1S/C20H30O6/c1-10-6-14-16(25-14)8-12(10)20(19(23)24,5-3-4-18(21)22)13-9-17-15(26-17)7-11(13)2/h10-17H,3-9H2,1-2H3,(H,21,22)(H,23,24). The van der Waals surface area contributed by atoms with E-state index in [4.69, 9.17) is 14.6 Å². The number of ether oxygens (including phenoxy) is 2. The number of epoxide rings is 2. The van der Waals surface area contributed by atoms with Crippen LogP contribution in [-0.2, 0) is 19.1 Å². The van der Waals surface area contributed by atoms with Gasteiger partial charge in [-0.25, -0.2) is 0 Å². The average Bonchev–Trinajstić information content (AvgIpc) is 3.45. The Balaban J connectivity index is 1.65. The molecule has 0 bridgehead atoms. The largest absolute Gasteiger partial charge is 0.481 e. The molecular weight excluding hydrogens is 336 g/mol. The van der Waals surface area contributed by atoms with Crippen molar-refractivity contribution in [2.45, 2.75) is 83.2 Å². The van der Waals surface area contributed by atoms with Crippen LogP contribution in [0.4, 0.5) is 0 Å². The fourth-order valence-corrected chi connectivity index (χ4v) is 6.25. The summed E-state index contributed by atoms with van der Waals surface area (Å²) in [6.45, 7) is 4.31. The Morgan fingerprint density at radius 3 is 1.77 bits per heavy atom. The van der Waals surface area contributed by atoms with E-state index in [2.05, 4.69) is 13.8 Å². The molecule has 0 radical (unpaired) electrons. The van der Waals surface area contributed by atoms with Gasteiger partial charge in [-0.15, -0.1) is 0 Å². The molecule has 2 saturated heterocycles.